The van der Waals surface area contributed by atoms with Crippen molar-refractivity contribution in [1.29, 1.82) is 0 Å². The summed E-state index contributed by atoms with van der Waals surface area (Å²) in [5, 5.41) is 0. The molecule has 1 heteroatoms. The second kappa shape index (κ2) is 7.91. The zero-order valence-corrected chi connectivity index (χ0v) is 21.8. The first-order valence-corrected chi connectivity index (χ1v) is 11.5. The molecule has 0 fully saturated rings. The van der Waals surface area contributed by atoms with Crippen molar-refractivity contribution in [1.82, 2.24) is 0 Å². The molecule has 0 heterocycles. The SMILES string of the molecule is Cc1c(C)c(C)c(-c2cccc(-c3c(C)c(C)c(C)c(C)c3C)c2I)c(C)c1C. The highest BCUT2D eigenvalue weighted by molar-refractivity contribution is 14.1. The lowest BCUT2D eigenvalue weighted by Gasteiger charge is -2.23. The van der Waals surface area contributed by atoms with Crippen molar-refractivity contribution in [2.75, 3.05) is 0 Å². The molecule has 0 nitrogen and oxygen atoms in total. The number of rotatable bonds is 2. The van der Waals surface area contributed by atoms with Crippen LogP contribution in [0.15, 0.2) is 18.2 Å². The Morgan fingerprint density at radius 1 is 0.414 bits per heavy atom. The molecule has 0 saturated heterocycles. The summed E-state index contributed by atoms with van der Waals surface area (Å²) < 4.78 is 1.35. The van der Waals surface area contributed by atoms with Crippen LogP contribution in [0.5, 0.6) is 0 Å². The highest BCUT2D eigenvalue weighted by atomic mass is 127. The van der Waals surface area contributed by atoms with Gasteiger partial charge in [0.1, 0.15) is 0 Å². The van der Waals surface area contributed by atoms with Gasteiger partial charge in [-0.25, -0.2) is 0 Å². The van der Waals surface area contributed by atoms with Crippen LogP contribution in [0.25, 0.3) is 22.3 Å². The standard InChI is InChI=1S/C28H33I/c1-14-16(3)20(7)26(21(8)17(14)4)24-12-11-13-25(28(24)29)27-22(9)18(5)15(2)19(6)23(27)10/h11-13H,1-10H3. The Bertz CT molecular complexity index is 1000. The van der Waals surface area contributed by atoms with E-state index in [9.17, 15) is 0 Å². The third-order valence-electron chi connectivity index (χ3n) is 7.54. The maximum Gasteiger partial charge on any atom is 0.0287 e. The Balaban J connectivity index is 2.40. The lowest BCUT2D eigenvalue weighted by molar-refractivity contribution is 1.17. The van der Waals surface area contributed by atoms with Crippen molar-refractivity contribution in [2.45, 2.75) is 69.2 Å². The van der Waals surface area contributed by atoms with Gasteiger partial charge in [0.15, 0.2) is 0 Å². The maximum absolute atomic E-state index is 2.58. The molecule has 0 N–H and O–H groups in total. The summed E-state index contributed by atoms with van der Waals surface area (Å²) in [6.07, 6.45) is 0. The summed E-state index contributed by atoms with van der Waals surface area (Å²) in [4.78, 5) is 0. The second-order valence-corrected chi connectivity index (χ2v) is 9.75. The van der Waals surface area contributed by atoms with Crippen molar-refractivity contribution < 1.29 is 0 Å². The minimum atomic E-state index is 1.35. The van der Waals surface area contributed by atoms with Crippen LogP contribution in [0.3, 0.4) is 0 Å². The number of benzene rings is 3. The van der Waals surface area contributed by atoms with E-state index in [2.05, 4.69) is 110 Å². The predicted octanol–water partition coefficient (Wildman–Crippen LogP) is 8.71. The Morgan fingerprint density at radius 3 is 0.931 bits per heavy atom. The molecule has 0 atom stereocenters. The Labute approximate surface area is 190 Å². The van der Waals surface area contributed by atoms with Crippen LogP contribution in [0, 0.1) is 72.8 Å². The fourth-order valence-corrected chi connectivity index (χ4v) is 5.63. The highest BCUT2D eigenvalue weighted by Gasteiger charge is 2.20. The molecule has 0 spiro atoms. The average molecular weight is 496 g/mol. The minimum absolute atomic E-state index is 1.35. The molecule has 29 heavy (non-hydrogen) atoms. The Hall–Kier alpha value is -1.61. The largest absolute Gasteiger partial charge is 0.0610 e. The van der Waals surface area contributed by atoms with E-state index < -0.39 is 0 Å². The van der Waals surface area contributed by atoms with Crippen LogP contribution >= 0.6 is 22.6 Å². The van der Waals surface area contributed by atoms with Crippen LogP contribution in [0.4, 0.5) is 0 Å². The summed E-state index contributed by atoms with van der Waals surface area (Å²) in [7, 11) is 0. The van der Waals surface area contributed by atoms with E-state index in [-0.39, 0.29) is 0 Å². The zero-order valence-electron chi connectivity index (χ0n) is 19.6. The van der Waals surface area contributed by atoms with Crippen LogP contribution in [0.1, 0.15) is 55.6 Å². The number of hydrogen-bond acceptors (Lipinski definition) is 0. The molecule has 0 saturated carbocycles. The first-order chi connectivity index (χ1) is 13.5. The van der Waals surface area contributed by atoms with E-state index in [0.29, 0.717) is 0 Å². The fourth-order valence-electron chi connectivity index (χ4n) is 4.73. The topological polar surface area (TPSA) is 0 Å². The lowest BCUT2D eigenvalue weighted by atomic mass is 9.83. The van der Waals surface area contributed by atoms with Crippen molar-refractivity contribution >= 4 is 22.6 Å². The number of hydrogen-bond donors (Lipinski definition) is 0. The molecule has 0 amide bonds. The van der Waals surface area contributed by atoms with Gasteiger partial charge in [-0.05, 0) is 170 Å². The van der Waals surface area contributed by atoms with Gasteiger partial charge in [-0.15, -0.1) is 0 Å². The number of halogens is 1. The van der Waals surface area contributed by atoms with E-state index in [0.717, 1.165) is 0 Å². The van der Waals surface area contributed by atoms with E-state index in [1.54, 1.807) is 0 Å². The minimum Gasteiger partial charge on any atom is -0.0610 e. The summed E-state index contributed by atoms with van der Waals surface area (Å²) in [5.41, 5.74) is 19.7. The third kappa shape index (κ3) is 3.36. The van der Waals surface area contributed by atoms with Gasteiger partial charge in [0.05, 0.1) is 0 Å². The monoisotopic (exact) mass is 496 g/mol. The molecular formula is C28H33I. The Morgan fingerprint density at radius 2 is 0.655 bits per heavy atom. The third-order valence-corrected chi connectivity index (χ3v) is 8.70. The second-order valence-electron chi connectivity index (χ2n) is 8.67. The van der Waals surface area contributed by atoms with Crippen LogP contribution in [-0.4, -0.2) is 0 Å². The van der Waals surface area contributed by atoms with Gasteiger partial charge >= 0.3 is 0 Å². The van der Waals surface area contributed by atoms with Crippen molar-refractivity contribution in [3.05, 3.63) is 77.4 Å². The summed E-state index contributed by atoms with van der Waals surface area (Å²) >= 11 is 2.58. The summed E-state index contributed by atoms with van der Waals surface area (Å²) in [5.74, 6) is 0. The molecule has 0 aliphatic rings. The quantitative estimate of drug-likeness (QED) is 0.311. The fraction of sp³-hybridized carbons (Fsp3) is 0.357. The normalized spacial score (nSPS) is 11.3. The van der Waals surface area contributed by atoms with Crippen LogP contribution < -0.4 is 0 Å². The van der Waals surface area contributed by atoms with E-state index >= 15 is 0 Å². The molecule has 3 rings (SSSR count). The van der Waals surface area contributed by atoms with Gasteiger partial charge in [0.25, 0.3) is 0 Å². The maximum atomic E-state index is 2.58. The molecular weight excluding hydrogens is 463 g/mol. The molecule has 0 bridgehead atoms. The molecule has 0 radical (unpaired) electrons. The smallest absolute Gasteiger partial charge is 0.0287 e. The van der Waals surface area contributed by atoms with E-state index in [1.165, 1.54) is 81.5 Å². The first-order valence-electron chi connectivity index (χ1n) is 10.4. The van der Waals surface area contributed by atoms with Crippen LogP contribution in [-0.2, 0) is 0 Å². The first kappa shape index (κ1) is 22.1. The Kier molecular flexibility index (Phi) is 6.02. The van der Waals surface area contributed by atoms with Crippen molar-refractivity contribution in [3.63, 3.8) is 0 Å². The molecule has 0 aliphatic heterocycles. The van der Waals surface area contributed by atoms with Gasteiger partial charge in [-0.1, -0.05) is 18.2 Å². The van der Waals surface area contributed by atoms with Gasteiger partial charge < -0.3 is 0 Å². The summed E-state index contributed by atoms with van der Waals surface area (Å²) in [6.45, 7) is 22.7. The molecule has 3 aromatic rings. The molecule has 0 unspecified atom stereocenters. The highest BCUT2D eigenvalue weighted by Crippen LogP contribution is 2.42. The summed E-state index contributed by atoms with van der Waals surface area (Å²) in [6, 6.07) is 6.83. The van der Waals surface area contributed by atoms with Gasteiger partial charge in [0, 0.05) is 3.57 Å². The molecule has 3 aromatic carbocycles. The van der Waals surface area contributed by atoms with E-state index in [1.807, 2.05) is 0 Å². The molecule has 152 valence electrons. The predicted molar refractivity (Wildman–Crippen MR) is 137 cm³/mol. The van der Waals surface area contributed by atoms with E-state index in [4.69, 9.17) is 0 Å². The van der Waals surface area contributed by atoms with Crippen molar-refractivity contribution in [3.8, 4) is 22.3 Å². The van der Waals surface area contributed by atoms with Gasteiger partial charge in [0.2, 0.25) is 0 Å². The average Bonchev–Trinajstić information content (AvgIpc) is 2.70. The lowest BCUT2D eigenvalue weighted by Crippen LogP contribution is -2.03. The molecule has 0 aliphatic carbocycles. The molecule has 0 aromatic heterocycles. The van der Waals surface area contributed by atoms with Gasteiger partial charge in [-0.3, -0.25) is 0 Å². The van der Waals surface area contributed by atoms with Crippen molar-refractivity contribution in [2.24, 2.45) is 0 Å². The van der Waals surface area contributed by atoms with Crippen LogP contribution in [0.2, 0.25) is 0 Å². The zero-order chi connectivity index (χ0) is 21.8. The van der Waals surface area contributed by atoms with Gasteiger partial charge in [-0.2, -0.15) is 0 Å².